The van der Waals surface area contributed by atoms with Crippen molar-refractivity contribution >= 4 is 30.3 Å². The molecule has 0 spiro atoms. The Morgan fingerprint density at radius 3 is 2.13 bits per heavy atom. The molecule has 3 atom stereocenters. The van der Waals surface area contributed by atoms with E-state index in [2.05, 4.69) is 4.90 Å². The third kappa shape index (κ3) is 7.11. The lowest BCUT2D eigenvalue weighted by atomic mass is 9.77. The van der Waals surface area contributed by atoms with Crippen molar-refractivity contribution < 1.29 is 34.4 Å². The topological polar surface area (TPSA) is 124 Å². The van der Waals surface area contributed by atoms with Crippen molar-refractivity contribution in [2.24, 2.45) is 5.92 Å². The molecule has 0 saturated heterocycles. The number of ether oxygens (including phenoxy) is 1. The molecule has 1 aromatic rings. The number of likely N-dealkylation sites (N-methyl/N-ethyl adjacent to an activating group) is 1. The molecule has 8 nitrogen and oxygen atoms in total. The third-order valence-corrected chi connectivity index (χ3v) is 4.99. The van der Waals surface area contributed by atoms with E-state index in [1.165, 1.54) is 19.1 Å². The molecule has 3 N–H and O–H groups in total. The Morgan fingerprint density at radius 1 is 1.13 bits per heavy atom. The van der Waals surface area contributed by atoms with E-state index < -0.39 is 29.4 Å². The van der Waals surface area contributed by atoms with Crippen molar-refractivity contribution in [2.75, 3.05) is 13.1 Å². The van der Waals surface area contributed by atoms with Gasteiger partial charge in [-0.25, -0.2) is 4.79 Å². The minimum Gasteiger partial charge on any atom is -0.507 e. The van der Waals surface area contributed by atoms with Gasteiger partial charge in [0, 0.05) is 6.92 Å². The number of hydrogen-bond donors (Lipinski definition) is 3. The number of aromatic hydroxyl groups is 1. The maximum absolute atomic E-state index is 11.6. The maximum atomic E-state index is 11.6. The summed E-state index contributed by atoms with van der Waals surface area (Å²) in [4.78, 5) is 35.4. The normalized spacial score (nSPS) is 20.1. The van der Waals surface area contributed by atoms with Crippen LogP contribution in [0.4, 0.5) is 0 Å². The van der Waals surface area contributed by atoms with Gasteiger partial charge in [0.25, 0.3) is 0 Å². The fraction of sp³-hybridized carbons (Fsp3) is 0.409. The van der Waals surface area contributed by atoms with Gasteiger partial charge in [0.2, 0.25) is 0 Å². The maximum Gasteiger partial charge on any atom is 0.339 e. The first-order chi connectivity index (χ1) is 14.1. The quantitative estimate of drug-likeness (QED) is 0.534. The van der Waals surface area contributed by atoms with Gasteiger partial charge in [0.15, 0.2) is 5.60 Å². The standard InChI is InChI=1S/C15H23NO4.C7H6O3.ClH/c1-5-16(6-2)11(3)15(20-12(4)17)10-8-7-9-13(15)14(18)19;8-6-4-2-1-3-5(6)7(9)10;/h7-11,13H,5-6H2,1-4H3,(H,18,19);1-4,8H,(H,9,10);1H. The second-order valence-corrected chi connectivity index (χ2v) is 6.73. The number of esters is 1. The Labute approximate surface area is 188 Å². The Hall–Kier alpha value is -2.84. The number of para-hydroxylation sites is 1. The van der Waals surface area contributed by atoms with Gasteiger partial charge in [-0.1, -0.05) is 44.2 Å². The van der Waals surface area contributed by atoms with E-state index in [-0.39, 0.29) is 29.8 Å². The first kappa shape index (κ1) is 28.2. The summed E-state index contributed by atoms with van der Waals surface area (Å²) in [5.41, 5.74) is -1.24. The molecular formula is C22H30ClNO7. The van der Waals surface area contributed by atoms with Crippen LogP contribution in [0.3, 0.4) is 0 Å². The van der Waals surface area contributed by atoms with Gasteiger partial charge in [-0.15, -0.1) is 12.4 Å². The molecule has 0 saturated carbocycles. The minimum absolute atomic E-state index is 0. The summed E-state index contributed by atoms with van der Waals surface area (Å²) in [5.74, 6) is -3.67. The number of hydrogen-bond acceptors (Lipinski definition) is 6. The Balaban J connectivity index is 0.000000688. The van der Waals surface area contributed by atoms with Crippen LogP contribution in [0.5, 0.6) is 5.75 Å². The number of nitrogens with zero attached hydrogens (tertiary/aromatic N) is 1. The van der Waals surface area contributed by atoms with Crippen LogP contribution in [0.1, 0.15) is 38.1 Å². The first-order valence-electron chi connectivity index (χ1n) is 9.64. The number of phenols is 1. The largest absolute Gasteiger partial charge is 0.507 e. The molecule has 0 aromatic heterocycles. The van der Waals surface area contributed by atoms with E-state index in [9.17, 15) is 19.5 Å². The van der Waals surface area contributed by atoms with Crippen LogP contribution in [-0.2, 0) is 14.3 Å². The SMILES string of the molecule is CCN(CC)C(C)C1(OC(C)=O)C=CC=CC1C(=O)O.Cl.O=C(O)c1ccccc1O. The highest BCUT2D eigenvalue weighted by molar-refractivity contribution is 5.90. The predicted molar refractivity (Wildman–Crippen MR) is 119 cm³/mol. The van der Waals surface area contributed by atoms with Crippen molar-refractivity contribution in [2.45, 2.75) is 39.3 Å². The smallest absolute Gasteiger partial charge is 0.339 e. The van der Waals surface area contributed by atoms with Crippen molar-refractivity contribution in [3.8, 4) is 5.75 Å². The lowest BCUT2D eigenvalue weighted by Gasteiger charge is -2.44. The van der Waals surface area contributed by atoms with E-state index in [1.54, 1.807) is 36.4 Å². The number of carboxylic acids is 2. The molecule has 0 amide bonds. The van der Waals surface area contributed by atoms with Gasteiger partial charge in [0.05, 0.1) is 6.04 Å². The molecule has 31 heavy (non-hydrogen) atoms. The van der Waals surface area contributed by atoms with Crippen LogP contribution < -0.4 is 0 Å². The molecule has 0 heterocycles. The molecule has 0 fully saturated rings. The molecule has 1 aliphatic rings. The van der Waals surface area contributed by atoms with Crippen LogP contribution in [0.25, 0.3) is 0 Å². The summed E-state index contributed by atoms with van der Waals surface area (Å²) in [5, 5.41) is 26.8. The summed E-state index contributed by atoms with van der Waals surface area (Å²) in [6.45, 7) is 8.71. The summed E-state index contributed by atoms with van der Waals surface area (Å²) in [7, 11) is 0. The monoisotopic (exact) mass is 455 g/mol. The lowest BCUT2D eigenvalue weighted by Crippen LogP contribution is -2.58. The number of aliphatic carboxylic acids is 1. The zero-order chi connectivity index (χ0) is 22.9. The number of carbonyl (C=O) groups is 3. The minimum atomic E-state index is -1.17. The van der Waals surface area contributed by atoms with E-state index in [1.807, 2.05) is 20.8 Å². The Morgan fingerprint density at radius 2 is 1.71 bits per heavy atom. The lowest BCUT2D eigenvalue weighted by molar-refractivity contribution is -0.170. The second kappa shape index (κ2) is 12.8. The first-order valence-corrected chi connectivity index (χ1v) is 9.64. The van der Waals surface area contributed by atoms with Crippen LogP contribution in [0.2, 0.25) is 0 Å². The molecule has 0 bridgehead atoms. The van der Waals surface area contributed by atoms with Gasteiger partial charge >= 0.3 is 17.9 Å². The van der Waals surface area contributed by atoms with Gasteiger partial charge < -0.3 is 20.1 Å². The number of rotatable bonds is 7. The second-order valence-electron chi connectivity index (χ2n) is 6.73. The van der Waals surface area contributed by atoms with Crippen molar-refractivity contribution in [1.82, 2.24) is 4.90 Å². The summed E-state index contributed by atoms with van der Waals surface area (Å²) in [6.07, 6.45) is 6.68. The van der Waals surface area contributed by atoms with Gasteiger partial charge in [0.1, 0.15) is 17.2 Å². The molecule has 0 radical (unpaired) electrons. The fourth-order valence-electron chi connectivity index (χ4n) is 3.45. The number of benzene rings is 1. The summed E-state index contributed by atoms with van der Waals surface area (Å²) < 4.78 is 5.50. The number of carbonyl (C=O) groups excluding carboxylic acids is 1. The number of aromatic carboxylic acids is 1. The zero-order valence-electron chi connectivity index (χ0n) is 18.0. The fourth-order valence-corrected chi connectivity index (χ4v) is 3.45. The van der Waals surface area contributed by atoms with E-state index in [0.29, 0.717) is 0 Å². The highest BCUT2D eigenvalue weighted by Crippen LogP contribution is 2.35. The van der Waals surface area contributed by atoms with Gasteiger partial charge in [-0.3, -0.25) is 14.5 Å². The summed E-state index contributed by atoms with van der Waals surface area (Å²) in [6, 6.07) is 5.58. The van der Waals surface area contributed by atoms with Crippen LogP contribution in [0.15, 0.2) is 48.6 Å². The Bertz CT molecular complexity index is 820. The van der Waals surface area contributed by atoms with E-state index in [0.717, 1.165) is 13.1 Å². The zero-order valence-corrected chi connectivity index (χ0v) is 18.8. The highest BCUT2D eigenvalue weighted by atomic mass is 35.5. The molecule has 3 unspecified atom stereocenters. The van der Waals surface area contributed by atoms with Crippen molar-refractivity contribution in [1.29, 1.82) is 0 Å². The molecule has 1 aromatic carbocycles. The predicted octanol–water partition coefficient (Wildman–Crippen LogP) is 3.36. The number of halogens is 1. The third-order valence-electron chi connectivity index (χ3n) is 4.99. The number of carboxylic acid groups (broad SMARTS) is 2. The molecule has 0 aliphatic heterocycles. The average Bonchev–Trinajstić information content (AvgIpc) is 2.69. The Kier molecular flexibility index (Phi) is 11.6. The van der Waals surface area contributed by atoms with Crippen molar-refractivity contribution in [3.63, 3.8) is 0 Å². The van der Waals surface area contributed by atoms with Crippen molar-refractivity contribution in [3.05, 3.63) is 54.1 Å². The van der Waals surface area contributed by atoms with Gasteiger partial charge in [-0.05, 0) is 38.2 Å². The summed E-state index contributed by atoms with van der Waals surface area (Å²) >= 11 is 0. The van der Waals surface area contributed by atoms with Crippen LogP contribution >= 0.6 is 12.4 Å². The molecule has 1 aliphatic carbocycles. The van der Waals surface area contributed by atoms with Crippen LogP contribution in [-0.4, -0.2) is 62.9 Å². The van der Waals surface area contributed by atoms with E-state index >= 15 is 0 Å². The molecular weight excluding hydrogens is 426 g/mol. The van der Waals surface area contributed by atoms with Gasteiger partial charge in [-0.2, -0.15) is 0 Å². The van der Waals surface area contributed by atoms with Crippen LogP contribution in [0, 0.1) is 5.92 Å². The number of allylic oxidation sites excluding steroid dienone is 2. The molecule has 2 rings (SSSR count). The molecule has 172 valence electrons. The van der Waals surface area contributed by atoms with E-state index in [4.69, 9.17) is 14.9 Å². The molecule has 9 heteroatoms. The highest BCUT2D eigenvalue weighted by Gasteiger charge is 2.49. The average molecular weight is 456 g/mol.